The Bertz CT molecular complexity index is 2060. The molecule has 92 heavy (non-hydrogen) atoms. The lowest BCUT2D eigenvalue weighted by molar-refractivity contribution is -0.147. The second kappa shape index (κ2) is 46.0. The van der Waals surface area contributed by atoms with Gasteiger partial charge in [-0.25, -0.2) is 0 Å². The van der Waals surface area contributed by atoms with E-state index in [-0.39, 0.29) is 98.7 Å². The van der Waals surface area contributed by atoms with Gasteiger partial charge in [0.25, 0.3) is 0 Å². The highest BCUT2D eigenvalue weighted by molar-refractivity contribution is 5.78. The van der Waals surface area contributed by atoms with Crippen LogP contribution in [0.4, 0.5) is 0 Å². The van der Waals surface area contributed by atoms with E-state index in [4.69, 9.17) is 33.2 Å². The molecule has 19 fully saturated rings. The largest absolute Gasteiger partial charge is 0.466 e. The van der Waals surface area contributed by atoms with Gasteiger partial charge in [0.05, 0.1) is 68.0 Å². The van der Waals surface area contributed by atoms with Crippen LogP contribution in [0.3, 0.4) is 0 Å². The fourth-order valence-electron chi connectivity index (χ4n) is 16.4. The highest BCUT2D eigenvalue weighted by Gasteiger charge is 2.59. The standard InChI is InChI=1S/2C9H12O2.C8H10O2.C8H12O2.C7H8O3.C7H10O2.C5H8O2.C4H6O2.8C2H6.2CH4/c10-9-8-6-2-1-5(3-6)7(8)4-11-9;10-9-7-3-5-1-2-6(7)8(4-5)11-9;9-8-6-2-4-1-5(6)7(3-4)10-8;9-8-7-4-2-1-3-6(7)5-10-8;8-7-4-1-3-2-5(10-7)6(4)9-3;8-7-5-2-1-3-6(4-5)9-7;6-5-3-1-2-4-7-5;5-4-2-1-3-6-4;8*1-2;;/h2*5-8H,1-4H2;4-7H,1-3H2;6-7H,1-5H2;3-6H,1-2H2;5-6H,1-4H2;1-4H2;1-3H2;8*1-2H3;2*1H4. The van der Waals surface area contributed by atoms with Gasteiger partial charge < -0.3 is 42.6 Å². The SMILES string of the molecule is C.C.CC.CC.CC.CC.CC.CC.CC.CC.O=C1CCCCO1.O=C1CCCO1.O=C1OC2CC3CC1C2C3.O=C1OC2CC3CC1C2O3.O=C1OC2CC3CCC2C1C3.O=C1OC2CCCC1C2.O=C1OCC2C3CCC(C3)C12.O=C1OCC2CCCCC12. The van der Waals surface area contributed by atoms with E-state index in [1.54, 1.807) is 0 Å². The molecule has 20 atom stereocenters. The molecular formula is C75H134O17. The van der Waals surface area contributed by atoms with Crippen LogP contribution in [-0.4, -0.2) is 111 Å². The normalized spacial score (nSPS) is 36.5. The zero-order valence-corrected chi connectivity index (χ0v) is 59.0. The molecule has 19 aliphatic rings. The summed E-state index contributed by atoms with van der Waals surface area (Å²) < 4.78 is 45.3. The molecule has 536 valence electrons. The van der Waals surface area contributed by atoms with Crippen LogP contribution in [0.1, 0.15) is 286 Å². The van der Waals surface area contributed by atoms with Gasteiger partial charge in [-0.2, -0.15) is 0 Å². The van der Waals surface area contributed by atoms with Crippen molar-refractivity contribution in [3.63, 3.8) is 0 Å². The number of esters is 8. The molecule has 12 bridgehead atoms. The van der Waals surface area contributed by atoms with Gasteiger partial charge in [0.15, 0.2) is 0 Å². The van der Waals surface area contributed by atoms with Gasteiger partial charge >= 0.3 is 47.8 Å². The summed E-state index contributed by atoms with van der Waals surface area (Å²) in [5, 5.41) is 0. The molecule has 0 N–H and O–H groups in total. The Balaban J connectivity index is 0.000000510. The number of hydrogen-bond donors (Lipinski definition) is 0. The van der Waals surface area contributed by atoms with Crippen molar-refractivity contribution < 1.29 is 81.0 Å². The van der Waals surface area contributed by atoms with E-state index in [1.807, 2.05) is 111 Å². The molecule has 10 heterocycles. The first kappa shape index (κ1) is 85.7. The Morgan fingerprint density at radius 2 is 0.870 bits per heavy atom. The monoisotopic (exact) mass is 1310 g/mol. The zero-order valence-electron chi connectivity index (χ0n) is 59.0. The first-order valence-corrected chi connectivity index (χ1v) is 37.0. The number of carbonyl (C=O) groups is 8. The molecule has 9 saturated carbocycles. The van der Waals surface area contributed by atoms with E-state index in [0.29, 0.717) is 98.3 Å². The summed E-state index contributed by atoms with van der Waals surface area (Å²) in [6.07, 6.45) is 29.0. The number of ether oxygens (including phenoxy) is 9. The van der Waals surface area contributed by atoms with Crippen molar-refractivity contribution in [2.45, 2.75) is 323 Å². The molecule has 17 nitrogen and oxygen atoms in total. The van der Waals surface area contributed by atoms with Crippen LogP contribution in [0, 0.1) is 82.9 Å². The van der Waals surface area contributed by atoms with Crippen molar-refractivity contribution in [2.24, 2.45) is 82.9 Å². The van der Waals surface area contributed by atoms with Crippen LogP contribution in [0.25, 0.3) is 0 Å². The Kier molecular flexibility index (Phi) is 42.8. The van der Waals surface area contributed by atoms with Crippen LogP contribution >= 0.6 is 0 Å². The van der Waals surface area contributed by atoms with E-state index in [1.165, 1.54) is 64.2 Å². The number of carbonyl (C=O) groups excluding carboxylic acids is 8. The third-order valence-electron chi connectivity index (χ3n) is 20.1. The van der Waals surface area contributed by atoms with E-state index >= 15 is 0 Å². The van der Waals surface area contributed by atoms with Crippen LogP contribution in [0.15, 0.2) is 0 Å². The molecule has 0 amide bonds. The minimum atomic E-state index is -0.0463. The van der Waals surface area contributed by atoms with Crippen molar-refractivity contribution in [3.8, 4) is 0 Å². The Labute approximate surface area is 558 Å². The van der Waals surface area contributed by atoms with Crippen molar-refractivity contribution in [1.82, 2.24) is 0 Å². The third-order valence-corrected chi connectivity index (χ3v) is 20.1. The second-order valence-electron chi connectivity index (χ2n) is 24.6. The Morgan fingerprint density at radius 1 is 0.315 bits per heavy atom. The Hall–Kier alpha value is -4.28. The summed E-state index contributed by atoms with van der Waals surface area (Å²) in [6, 6.07) is 0. The topological polar surface area (TPSA) is 220 Å². The lowest BCUT2D eigenvalue weighted by Gasteiger charge is -2.38. The second-order valence-corrected chi connectivity index (χ2v) is 24.6. The van der Waals surface area contributed by atoms with Crippen molar-refractivity contribution >= 4 is 47.8 Å². The van der Waals surface area contributed by atoms with Crippen LogP contribution in [0.2, 0.25) is 0 Å². The summed E-state index contributed by atoms with van der Waals surface area (Å²) in [4.78, 5) is 86.6. The van der Waals surface area contributed by atoms with Crippen LogP contribution in [0.5, 0.6) is 0 Å². The van der Waals surface area contributed by atoms with Crippen molar-refractivity contribution in [3.05, 3.63) is 0 Å². The Morgan fingerprint density at radius 3 is 1.34 bits per heavy atom. The minimum absolute atomic E-state index is 0. The fraction of sp³-hybridized carbons (Fsp3) is 0.893. The van der Waals surface area contributed by atoms with Gasteiger partial charge in [-0.15, -0.1) is 0 Å². The van der Waals surface area contributed by atoms with Gasteiger partial charge in [-0.1, -0.05) is 138 Å². The van der Waals surface area contributed by atoms with E-state index < -0.39 is 0 Å². The first-order valence-electron chi connectivity index (χ1n) is 37.0. The maximum Gasteiger partial charge on any atom is 0.312 e. The molecule has 0 aromatic carbocycles. The fourth-order valence-corrected chi connectivity index (χ4v) is 16.4. The minimum Gasteiger partial charge on any atom is -0.466 e. The molecule has 10 aliphatic heterocycles. The number of cyclic esters (lactones) is 4. The lowest BCUT2D eigenvalue weighted by atomic mass is 9.65. The molecule has 0 aromatic rings. The molecule has 0 radical (unpaired) electrons. The number of fused-ring (bicyclic) bond motifs is 11. The zero-order chi connectivity index (χ0) is 67.0. The smallest absolute Gasteiger partial charge is 0.312 e. The molecule has 19 rings (SSSR count). The average molecular weight is 1310 g/mol. The van der Waals surface area contributed by atoms with Gasteiger partial charge in [-0.3, -0.25) is 38.4 Å². The van der Waals surface area contributed by atoms with Gasteiger partial charge in [-0.05, 0) is 152 Å². The highest BCUT2D eigenvalue weighted by Crippen LogP contribution is 2.56. The summed E-state index contributed by atoms with van der Waals surface area (Å²) in [5.74, 6) is 7.40. The van der Waals surface area contributed by atoms with E-state index in [2.05, 4.69) is 9.47 Å². The lowest BCUT2D eigenvalue weighted by Crippen LogP contribution is -2.36. The quantitative estimate of drug-likeness (QED) is 0.163. The maximum atomic E-state index is 11.2. The molecule has 9 aliphatic carbocycles. The summed E-state index contributed by atoms with van der Waals surface area (Å²) in [7, 11) is 0. The first-order chi connectivity index (χ1) is 43.9. The summed E-state index contributed by atoms with van der Waals surface area (Å²) in [5.41, 5.74) is 0. The molecule has 10 saturated heterocycles. The molecule has 0 spiro atoms. The molecule has 0 aromatic heterocycles. The van der Waals surface area contributed by atoms with E-state index in [0.717, 1.165) is 108 Å². The summed E-state index contributed by atoms with van der Waals surface area (Å²) in [6.45, 7) is 34.7. The van der Waals surface area contributed by atoms with Gasteiger partial charge in [0.1, 0.15) is 30.5 Å². The predicted octanol–water partition coefficient (Wildman–Crippen LogP) is 16.6. The molecular weight excluding hydrogens is 1170 g/mol. The molecule has 20 unspecified atom stereocenters. The van der Waals surface area contributed by atoms with E-state index in [9.17, 15) is 38.4 Å². The maximum absolute atomic E-state index is 11.2. The predicted molar refractivity (Wildman–Crippen MR) is 361 cm³/mol. The molecule has 17 heteroatoms. The average Bonchev–Trinajstić information content (AvgIpc) is 1.63. The van der Waals surface area contributed by atoms with Crippen molar-refractivity contribution in [2.75, 3.05) is 26.4 Å². The van der Waals surface area contributed by atoms with Crippen molar-refractivity contribution in [1.29, 1.82) is 0 Å². The summed E-state index contributed by atoms with van der Waals surface area (Å²) >= 11 is 0. The van der Waals surface area contributed by atoms with Gasteiger partial charge in [0.2, 0.25) is 0 Å². The van der Waals surface area contributed by atoms with Gasteiger partial charge in [0, 0.05) is 42.9 Å². The number of hydrogen-bond acceptors (Lipinski definition) is 17. The van der Waals surface area contributed by atoms with Crippen LogP contribution < -0.4 is 0 Å². The third kappa shape index (κ3) is 23.0. The van der Waals surface area contributed by atoms with Crippen LogP contribution in [-0.2, 0) is 81.0 Å². The highest BCUT2D eigenvalue weighted by atomic mass is 16.6. The number of rotatable bonds is 0.